The molecule has 3 aromatic rings. The Labute approximate surface area is 202 Å². The monoisotopic (exact) mass is 455 g/mol. The molecule has 5 atom stereocenters. The highest BCUT2D eigenvalue weighted by Gasteiger charge is 2.42. The second-order valence-corrected chi connectivity index (χ2v) is 10.2. The fraction of sp³-hybridized carbons (Fsp3) is 0.400. The van der Waals surface area contributed by atoms with Gasteiger partial charge in [-0.3, -0.25) is 0 Å². The van der Waals surface area contributed by atoms with Crippen molar-refractivity contribution in [3.05, 3.63) is 83.9 Å². The average molecular weight is 456 g/mol. The van der Waals surface area contributed by atoms with Crippen LogP contribution in [-0.2, 0) is 14.3 Å². The molecule has 0 aromatic heterocycles. The number of esters is 1. The van der Waals surface area contributed by atoms with E-state index in [1.165, 1.54) is 6.42 Å². The largest absolute Gasteiger partial charge is 0.466 e. The van der Waals surface area contributed by atoms with Gasteiger partial charge in [-0.05, 0) is 53.5 Å². The topological polar surface area (TPSA) is 47.9 Å². The molecule has 4 heteroatoms. The number of rotatable bonds is 5. The van der Waals surface area contributed by atoms with E-state index in [4.69, 9.17) is 14.5 Å². The summed E-state index contributed by atoms with van der Waals surface area (Å²) in [5.41, 5.74) is 1.83. The second-order valence-electron chi connectivity index (χ2n) is 10.2. The van der Waals surface area contributed by atoms with Gasteiger partial charge in [-0.15, -0.1) is 0 Å². The molecule has 3 aromatic carbocycles. The summed E-state index contributed by atoms with van der Waals surface area (Å²) >= 11 is 0. The lowest BCUT2D eigenvalue weighted by Crippen LogP contribution is -2.39. The number of carbonyl (C=O) groups is 1. The maximum Gasteiger partial charge on any atom is 0.335 e. The number of fused-ring (bicyclic) bond motifs is 1. The van der Waals surface area contributed by atoms with E-state index in [2.05, 4.69) is 39.0 Å². The molecular formula is C30H33NO3. The van der Waals surface area contributed by atoms with E-state index in [0.717, 1.165) is 34.7 Å². The second kappa shape index (κ2) is 9.61. The molecule has 0 N–H and O–H groups in total. The normalized spacial score (nSPS) is 26.8. The molecule has 1 fully saturated rings. The summed E-state index contributed by atoms with van der Waals surface area (Å²) in [6.45, 7) is 6.70. The van der Waals surface area contributed by atoms with E-state index in [-0.39, 0.29) is 12.1 Å². The van der Waals surface area contributed by atoms with Crippen LogP contribution in [-0.4, -0.2) is 24.0 Å². The van der Waals surface area contributed by atoms with Gasteiger partial charge in [-0.25, -0.2) is 9.79 Å². The van der Waals surface area contributed by atoms with Crippen LogP contribution in [0.2, 0.25) is 0 Å². The molecule has 4 nitrogen and oxygen atoms in total. The van der Waals surface area contributed by atoms with Gasteiger partial charge in [-0.2, -0.15) is 0 Å². The van der Waals surface area contributed by atoms with E-state index in [1.807, 2.05) is 54.6 Å². The quantitative estimate of drug-likeness (QED) is 0.401. The Bertz CT molecular complexity index is 1180. The average Bonchev–Trinajstić information content (AvgIpc) is 3.30. The molecule has 0 unspecified atom stereocenters. The summed E-state index contributed by atoms with van der Waals surface area (Å²) in [5, 5.41) is 2.19. The number of aliphatic imine (C=N–C) groups is 1. The van der Waals surface area contributed by atoms with Gasteiger partial charge in [0.25, 0.3) is 0 Å². The number of carbonyl (C=O) groups excluding carboxylic acids is 1. The molecule has 5 rings (SSSR count). The molecule has 176 valence electrons. The summed E-state index contributed by atoms with van der Waals surface area (Å²) in [7, 11) is 0. The molecule has 1 heterocycles. The van der Waals surface area contributed by atoms with Crippen molar-refractivity contribution >= 4 is 22.6 Å². The zero-order chi connectivity index (χ0) is 23.7. The van der Waals surface area contributed by atoms with Crippen molar-refractivity contribution in [3.63, 3.8) is 0 Å². The van der Waals surface area contributed by atoms with Gasteiger partial charge in [0.05, 0.1) is 0 Å². The number of hydrogen-bond donors (Lipinski definition) is 0. The maximum atomic E-state index is 13.7. The van der Waals surface area contributed by atoms with Crippen LogP contribution < -0.4 is 0 Å². The van der Waals surface area contributed by atoms with Crippen LogP contribution >= 0.6 is 0 Å². The van der Waals surface area contributed by atoms with Crippen molar-refractivity contribution in [3.8, 4) is 0 Å². The van der Waals surface area contributed by atoms with Crippen LogP contribution in [0.3, 0.4) is 0 Å². The molecular weight excluding hydrogens is 422 g/mol. The summed E-state index contributed by atoms with van der Waals surface area (Å²) in [5.74, 6) is 1.63. The predicted molar refractivity (Wildman–Crippen MR) is 136 cm³/mol. The summed E-state index contributed by atoms with van der Waals surface area (Å²) < 4.78 is 12.7. The Kier molecular flexibility index (Phi) is 6.40. The Balaban J connectivity index is 1.49. The summed E-state index contributed by atoms with van der Waals surface area (Å²) in [6.07, 6.45) is 2.62. The molecule has 0 bridgehead atoms. The highest BCUT2D eigenvalue weighted by Crippen LogP contribution is 2.39. The van der Waals surface area contributed by atoms with Crippen LogP contribution in [0, 0.1) is 17.8 Å². The smallest absolute Gasteiger partial charge is 0.335 e. The van der Waals surface area contributed by atoms with Crippen LogP contribution in [0.4, 0.5) is 0 Å². The van der Waals surface area contributed by atoms with E-state index < -0.39 is 12.1 Å². The van der Waals surface area contributed by atoms with Crippen molar-refractivity contribution in [1.29, 1.82) is 0 Å². The molecule has 0 saturated heterocycles. The maximum absolute atomic E-state index is 13.7. The zero-order valence-corrected chi connectivity index (χ0v) is 20.2. The highest BCUT2D eigenvalue weighted by molar-refractivity contribution is 5.99. The molecule has 2 aliphatic rings. The summed E-state index contributed by atoms with van der Waals surface area (Å²) in [6, 6.07) is 23.4. The fourth-order valence-electron chi connectivity index (χ4n) is 5.51. The fourth-order valence-corrected chi connectivity index (χ4v) is 5.51. The van der Waals surface area contributed by atoms with Crippen LogP contribution in [0.5, 0.6) is 0 Å². The van der Waals surface area contributed by atoms with Crippen molar-refractivity contribution in [1.82, 2.24) is 0 Å². The lowest BCUT2D eigenvalue weighted by molar-refractivity contribution is -0.159. The first-order valence-corrected chi connectivity index (χ1v) is 12.5. The third-order valence-corrected chi connectivity index (χ3v) is 7.40. The zero-order valence-electron chi connectivity index (χ0n) is 20.2. The minimum Gasteiger partial charge on any atom is -0.466 e. The third-order valence-electron chi connectivity index (χ3n) is 7.40. The van der Waals surface area contributed by atoms with Gasteiger partial charge in [0, 0.05) is 11.1 Å². The van der Waals surface area contributed by atoms with Gasteiger partial charge in [0.15, 0.2) is 12.1 Å². The van der Waals surface area contributed by atoms with E-state index >= 15 is 0 Å². The molecule has 0 spiro atoms. The Morgan fingerprint density at radius 1 is 0.971 bits per heavy atom. The van der Waals surface area contributed by atoms with E-state index in [1.54, 1.807) is 0 Å². The number of nitrogens with zero attached hydrogens (tertiary/aromatic N) is 1. The van der Waals surface area contributed by atoms with Gasteiger partial charge >= 0.3 is 5.97 Å². The van der Waals surface area contributed by atoms with Gasteiger partial charge in [0.2, 0.25) is 5.90 Å². The van der Waals surface area contributed by atoms with Crippen LogP contribution in [0.25, 0.3) is 10.8 Å². The number of ether oxygens (including phenoxy) is 2. The van der Waals surface area contributed by atoms with Gasteiger partial charge in [0.1, 0.15) is 6.10 Å². The predicted octanol–water partition coefficient (Wildman–Crippen LogP) is 6.73. The lowest BCUT2D eigenvalue weighted by atomic mass is 9.75. The van der Waals surface area contributed by atoms with E-state index in [0.29, 0.717) is 23.7 Å². The Morgan fingerprint density at radius 2 is 1.71 bits per heavy atom. The number of hydrogen-bond acceptors (Lipinski definition) is 4. The van der Waals surface area contributed by atoms with Crippen molar-refractivity contribution < 1.29 is 14.3 Å². The van der Waals surface area contributed by atoms with Gasteiger partial charge < -0.3 is 9.47 Å². The van der Waals surface area contributed by atoms with Crippen molar-refractivity contribution in [2.45, 2.75) is 58.3 Å². The standard InChI is InChI=1S/C30H33NO3/c1-19(2)23-17-16-20(3)18-26(23)33-30(32)27-28(34-29(31-27)22-11-5-4-6-12-22)25-15-9-13-21-10-7-8-14-24(21)25/h4-15,19-20,23,26-28H,16-18H2,1-3H3/t20-,23+,26-,27-,28-/m1/s1. The SMILES string of the molecule is CC(C)[C@@H]1CC[C@@H](C)C[C@H]1OC(=O)[C@@H]1N=C(c2ccccc2)O[C@@H]1c1cccc2ccccc12. The molecule has 1 aliphatic heterocycles. The van der Waals surface area contributed by atoms with Crippen molar-refractivity contribution in [2.24, 2.45) is 22.7 Å². The Hall–Kier alpha value is -3.14. The number of benzene rings is 3. The lowest BCUT2D eigenvalue weighted by Gasteiger charge is -2.37. The highest BCUT2D eigenvalue weighted by atomic mass is 16.6. The minimum absolute atomic E-state index is 0.0691. The Morgan fingerprint density at radius 3 is 2.50 bits per heavy atom. The molecule has 34 heavy (non-hydrogen) atoms. The van der Waals surface area contributed by atoms with Crippen LogP contribution in [0.15, 0.2) is 77.8 Å². The van der Waals surface area contributed by atoms with Gasteiger partial charge in [-0.1, -0.05) is 87.9 Å². The van der Waals surface area contributed by atoms with Crippen molar-refractivity contribution in [2.75, 3.05) is 0 Å². The van der Waals surface area contributed by atoms with Crippen LogP contribution in [0.1, 0.15) is 57.3 Å². The van der Waals surface area contributed by atoms with E-state index in [9.17, 15) is 4.79 Å². The minimum atomic E-state index is -0.731. The third kappa shape index (κ3) is 4.46. The first kappa shape index (κ1) is 22.6. The first-order valence-electron chi connectivity index (χ1n) is 12.5. The summed E-state index contributed by atoms with van der Waals surface area (Å²) in [4.78, 5) is 18.5. The first-order chi connectivity index (χ1) is 16.5. The molecule has 1 aliphatic carbocycles. The molecule has 0 radical (unpaired) electrons. The molecule has 0 amide bonds. The molecule has 1 saturated carbocycles.